The van der Waals surface area contributed by atoms with Crippen LogP contribution in [0.15, 0.2) is 389 Å². The third-order valence-corrected chi connectivity index (χ3v) is 18.3. The maximum absolute atomic E-state index is 9.91. The van der Waals surface area contributed by atoms with Crippen LogP contribution in [0.5, 0.6) is 0 Å². The molecule has 0 unspecified atom stereocenters. The molecule has 6 heterocycles. The van der Waals surface area contributed by atoms with E-state index in [1.165, 1.54) is 43.7 Å². The van der Waals surface area contributed by atoms with Gasteiger partial charge in [0.2, 0.25) is 0 Å². The van der Waals surface area contributed by atoms with Gasteiger partial charge in [-0.15, -0.1) is 0 Å². The number of aromatic nitrogens is 6. The van der Waals surface area contributed by atoms with Crippen molar-refractivity contribution in [3.05, 3.63) is 423 Å². The molecule has 0 saturated heterocycles. The number of hydrogen-bond donors (Lipinski definition) is 3. The summed E-state index contributed by atoms with van der Waals surface area (Å²) in [6.07, 6.45) is 8.54. The van der Waals surface area contributed by atoms with Crippen molar-refractivity contribution in [1.82, 2.24) is 39.7 Å². The molecule has 3 N–H and O–H groups in total. The van der Waals surface area contributed by atoms with Crippen LogP contribution >= 0.6 is 0 Å². The van der Waals surface area contributed by atoms with Crippen molar-refractivity contribution in [1.29, 1.82) is 0 Å². The SMILES string of the molecule is CC(C)(C)C(=O)[O-].CC(C)(C)C(=O)[O-].CO.CO.CO.C[O-].[Fe+3].[Fe+3].[H+].c1ccc(CN(Cc2ccccn2)Cc2ccccn2)nc1.c1ccc(CN(Cc2ccccn2)Cc2ccccn2)nc1.c1ccc([B-](c2ccccc2)(c2ccccc2)c2ccccc2)cc1.c1ccc([B-](c2ccccc2)(c2ccccc2)c2ccccc2)cc1. The van der Waals surface area contributed by atoms with Crippen molar-refractivity contribution >= 4 is 67.9 Å². The number of rotatable bonds is 20. The molecule has 0 aliphatic rings. The first-order valence-corrected chi connectivity index (χ1v) is 38.3. The van der Waals surface area contributed by atoms with Crippen molar-refractivity contribution in [2.24, 2.45) is 10.8 Å². The number of hydrogen-bond acceptors (Lipinski definition) is 16. The quantitative estimate of drug-likeness (QED) is 0.0601. The Hall–Kier alpha value is -11.5. The molecule has 0 spiro atoms. The minimum Gasteiger partial charge on any atom is -0.857 e. The third kappa shape index (κ3) is 32.9. The number of carboxylic acid groups (broad SMARTS) is 2. The smallest absolute Gasteiger partial charge is 0.857 e. The van der Waals surface area contributed by atoms with Gasteiger partial charge < -0.3 is 40.2 Å². The maximum Gasteiger partial charge on any atom is 3.00 e. The molecule has 14 rings (SSSR count). The van der Waals surface area contributed by atoms with Gasteiger partial charge in [0, 0.05) is 121 Å². The van der Waals surface area contributed by atoms with Crippen LogP contribution in [0, 0.1) is 10.8 Å². The van der Waals surface area contributed by atoms with Gasteiger partial charge in [-0.25, -0.2) is 0 Å². The van der Waals surface area contributed by atoms with Crippen LogP contribution in [0.25, 0.3) is 0 Å². The molecule has 16 nitrogen and oxygen atoms in total. The first-order chi connectivity index (χ1) is 56.5. The van der Waals surface area contributed by atoms with Crippen molar-refractivity contribution in [3.8, 4) is 0 Å². The number of aliphatic hydroxyl groups excluding tert-OH is 3. The first-order valence-electron chi connectivity index (χ1n) is 38.3. The number of nitrogens with zero attached hydrogens (tertiary/aromatic N) is 8. The van der Waals surface area contributed by atoms with Crippen molar-refractivity contribution < 1.29 is 75.8 Å². The van der Waals surface area contributed by atoms with Gasteiger partial charge >= 0.3 is 35.6 Å². The zero-order chi connectivity index (χ0) is 84.1. The van der Waals surface area contributed by atoms with Crippen LogP contribution in [0.3, 0.4) is 0 Å². The predicted octanol–water partition coefficient (Wildman–Crippen LogP) is 9.75. The van der Waals surface area contributed by atoms with E-state index in [2.05, 4.69) is 282 Å². The summed E-state index contributed by atoms with van der Waals surface area (Å²) in [5.74, 6) is -2.01. The summed E-state index contributed by atoms with van der Waals surface area (Å²) in [4.78, 5) is 50.9. The Morgan fingerprint density at radius 1 is 0.254 bits per heavy atom. The monoisotopic (exact) mass is 1660 g/mol. The van der Waals surface area contributed by atoms with E-state index in [0.717, 1.165) is 102 Å². The number of aliphatic hydroxyl groups is 3. The third-order valence-electron chi connectivity index (χ3n) is 18.3. The zero-order valence-electron chi connectivity index (χ0n) is 70.0. The summed E-state index contributed by atoms with van der Waals surface area (Å²) in [7, 11) is 3.75. The van der Waals surface area contributed by atoms with E-state index in [1.807, 2.05) is 146 Å². The summed E-state index contributed by atoms with van der Waals surface area (Å²) in [6, 6.07) is 123. The largest absolute Gasteiger partial charge is 3.00 e. The molecule has 0 fully saturated rings. The molecule has 0 saturated carbocycles. The fraction of sp³-hybridized carbons (Fsp3) is 0.184. The number of carboxylic acids is 2. The Bertz CT molecular complexity index is 3990. The average Bonchev–Trinajstić information content (AvgIpc) is 0.744. The fourth-order valence-electron chi connectivity index (χ4n) is 12.9. The second kappa shape index (κ2) is 56.8. The zero-order valence-corrected chi connectivity index (χ0v) is 71.2. The summed E-state index contributed by atoms with van der Waals surface area (Å²) < 4.78 is 0. The van der Waals surface area contributed by atoms with E-state index in [1.54, 1.807) is 41.5 Å². The maximum atomic E-state index is 9.91. The van der Waals surface area contributed by atoms with Gasteiger partial charge in [0.15, 0.2) is 0 Å². The van der Waals surface area contributed by atoms with E-state index < -0.39 is 35.1 Å². The van der Waals surface area contributed by atoms with Gasteiger partial charge in [0.05, 0.1) is 34.2 Å². The summed E-state index contributed by atoms with van der Waals surface area (Å²) in [5, 5.41) is 49.1. The van der Waals surface area contributed by atoms with E-state index in [9.17, 15) is 19.8 Å². The summed E-state index contributed by atoms with van der Waals surface area (Å²) in [5.41, 5.74) is 15.6. The minimum atomic E-state index is -1.22. The second-order valence-electron chi connectivity index (χ2n) is 28.3. The van der Waals surface area contributed by atoms with Gasteiger partial charge in [-0.1, -0.05) is 321 Å². The van der Waals surface area contributed by atoms with Gasteiger partial charge in [-0.3, -0.25) is 39.7 Å². The van der Waals surface area contributed by atoms with Gasteiger partial charge in [-0.2, -0.15) is 50.8 Å². The van der Waals surface area contributed by atoms with Crippen molar-refractivity contribution in [3.63, 3.8) is 0 Å². The molecule has 0 bridgehead atoms. The molecule has 118 heavy (non-hydrogen) atoms. The average molecular weight is 1660 g/mol. The number of carbonyl (C=O) groups excluding carboxylic acids is 2. The molecule has 6 aromatic heterocycles. The first kappa shape index (κ1) is 101. The van der Waals surface area contributed by atoms with E-state index >= 15 is 0 Å². The Kier molecular flexibility index (Phi) is 48.4. The van der Waals surface area contributed by atoms with Crippen LogP contribution in [0.1, 0.15) is 77.1 Å². The van der Waals surface area contributed by atoms with E-state index in [0.29, 0.717) is 0 Å². The molecule has 0 aliphatic carbocycles. The normalized spacial score (nSPS) is 10.3. The van der Waals surface area contributed by atoms with Crippen LogP contribution in [0.4, 0.5) is 0 Å². The van der Waals surface area contributed by atoms with E-state index in [-0.39, 0.29) is 35.6 Å². The molecule has 0 atom stereocenters. The van der Waals surface area contributed by atoms with E-state index in [4.69, 9.17) is 20.4 Å². The topological polar surface area (TPSA) is 248 Å². The number of pyridine rings is 6. The molecule has 20 heteroatoms. The van der Waals surface area contributed by atoms with Crippen LogP contribution in [-0.2, 0) is 83.0 Å². The summed E-state index contributed by atoms with van der Waals surface area (Å²) in [6.45, 7) is 14.2. The Balaban J connectivity index is 0.000000493. The van der Waals surface area contributed by atoms with Crippen LogP contribution in [0.2, 0.25) is 0 Å². The Morgan fingerprint density at radius 2 is 0.364 bits per heavy atom. The Labute approximate surface area is 721 Å². The van der Waals surface area contributed by atoms with Gasteiger partial charge in [-0.05, 0) is 72.8 Å². The van der Waals surface area contributed by atoms with Crippen molar-refractivity contribution in [2.75, 3.05) is 28.4 Å². The number of aliphatic carboxylic acids is 2. The van der Waals surface area contributed by atoms with Crippen LogP contribution in [-0.4, -0.2) is 108 Å². The molecule has 0 aliphatic heterocycles. The Morgan fingerprint density at radius 3 is 0.458 bits per heavy atom. The van der Waals surface area contributed by atoms with Gasteiger partial charge in [0.25, 0.3) is 0 Å². The predicted molar refractivity (Wildman–Crippen MR) is 472 cm³/mol. The minimum absolute atomic E-state index is 0. The number of benzene rings is 8. The van der Waals surface area contributed by atoms with Gasteiger partial charge in [0.1, 0.15) is 12.3 Å². The molecule has 0 amide bonds. The standard InChI is InChI=1S/2C24H20B.2C18H18N4.2C5H10O2.3CH4O.CH3O.2Fe/c2*1-5-13-21(14-6-1)25(22-15-7-2-8-16-22,23-17-9-3-10-18-23)24-19-11-4-12-20-24;2*1-4-10-19-16(7-1)13-22(14-17-8-2-5-11-20-17)15-18-9-3-6-12-21-18;2*1-5(2,3)4(6)7;4*1-2;;/h2*1-20H;2*1-12H,13-15H2;2*1-3H3,(H,6,7);3*2H,1H3;1H3;;/q2*-1;;;;;;;;-1;2*+3/p-1. The van der Waals surface area contributed by atoms with Crippen molar-refractivity contribution in [2.45, 2.75) is 80.8 Å². The molecular weight excluding hydrogens is 1550 g/mol. The van der Waals surface area contributed by atoms with Crippen LogP contribution < -0.4 is 59.0 Å². The fourth-order valence-corrected chi connectivity index (χ4v) is 12.9. The summed E-state index contributed by atoms with van der Waals surface area (Å²) >= 11 is 0. The second-order valence-corrected chi connectivity index (χ2v) is 28.3. The molecule has 8 aromatic carbocycles. The molecular formula is C98H110B2Fe2N8O8+2. The number of carbonyl (C=O) groups is 2. The molecule has 2 radical (unpaired) electrons. The molecule has 610 valence electrons. The molecule has 14 aromatic rings.